The van der Waals surface area contributed by atoms with Gasteiger partial charge in [-0.1, -0.05) is 18.2 Å². The van der Waals surface area contributed by atoms with Gasteiger partial charge in [-0.25, -0.2) is 9.37 Å². The van der Waals surface area contributed by atoms with Gasteiger partial charge in [0.1, 0.15) is 17.3 Å². The number of imidazole rings is 1. The molecule has 0 spiro atoms. The van der Waals surface area contributed by atoms with Gasteiger partial charge in [-0.3, -0.25) is 4.40 Å². The number of piperazine rings is 1. The number of nitrogens with zero attached hydrogens (tertiary/aromatic N) is 4. The number of likely N-dealkylation sites (N-methyl/N-ethyl adjacent to an activating group) is 1. The predicted octanol–water partition coefficient (Wildman–Crippen LogP) is 2.52. The molecule has 4 rings (SSSR count). The Kier molecular flexibility index (Phi) is 4.86. The number of anilines is 1. The molecule has 1 fully saturated rings. The molecule has 0 atom stereocenters. The smallest absolute Gasteiger partial charge is 0.138 e. The van der Waals surface area contributed by atoms with Gasteiger partial charge in [0.05, 0.1) is 5.69 Å². The van der Waals surface area contributed by atoms with Gasteiger partial charge in [-0.15, -0.1) is 0 Å². The van der Waals surface area contributed by atoms with E-state index in [1.165, 1.54) is 11.9 Å². The molecule has 1 aromatic carbocycles. The van der Waals surface area contributed by atoms with Crippen molar-refractivity contribution in [2.75, 3.05) is 38.1 Å². The van der Waals surface area contributed by atoms with Gasteiger partial charge in [0.2, 0.25) is 0 Å². The van der Waals surface area contributed by atoms with Crippen LogP contribution in [0.1, 0.15) is 11.3 Å². The largest absolute Gasteiger partial charge is 0.355 e. The number of nitrogens with one attached hydrogen (secondary N) is 1. The number of hydrogen-bond donors (Lipinski definition) is 1. The summed E-state index contributed by atoms with van der Waals surface area (Å²) in [6.45, 7) is 5.49. The summed E-state index contributed by atoms with van der Waals surface area (Å²) >= 11 is 0. The first-order chi connectivity index (χ1) is 12.7. The van der Waals surface area contributed by atoms with Crippen molar-refractivity contribution in [2.24, 2.45) is 0 Å². The Labute approximate surface area is 153 Å². The number of halogens is 1. The Morgan fingerprint density at radius 3 is 2.65 bits per heavy atom. The fraction of sp³-hybridized carbons (Fsp3) is 0.350. The van der Waals surface area contributed by atoms with Gasteiger partial charge in [-0.2, -0.15) is 0 Å². The highest BCUT2D eigenvalue weighted by Crippen LogP contribution is 2.19. The van der Waals surface area contributed by atoms with Gasteiger partial charge in [0, 0.05) is 45.5 Å². The quantitative estimate of drug-likeness (QED) is 0.765. The van der Waals surface area contributed by atoms with Crippen LogP contribution in [-0.4, -0.2) is 47.5 Å². The predicted molar refractivity (Wildman–Crippen MR) is 102 cm³/mol. The second-order valence-corrected chi connectivity index (χ2v) is 6.87. The Balaban J connectivity index is 1.46. The Morgan fingerprint density at radius 2 is 1.85 bits per heavy atom. The summed E-state index contributed by atoms with van der Waals surface area (Å²) in [6, 6.07) is 12.9. The maximum atomic E-state index is 13.3. The molecule has 0 unspecified atom stereocenters. The van der Waals surface area contributed by atoms with E-state index in [9.17, 15) is 4.39 Å². The number of hydrogen-bond acceptors (Lipinski definition) is 4. The molecule has 3 heterocycles. The molecule has 1 saturated heterocycles. The average Bonchev–Trinajstić information content (AvgIpc) is 3.05. The summed E-state index contributed by atoms with van der Waals surface area (Å²) in [5.41, 5.74) is 2.89. The van der Waals surface area contributed by atoms with Gasteiger partial charge in [0.25, 0.3) is 0 Å². The second-order valence-electron chi connectivity index (χ2n) is 6.87. The average molecular weight is 353 g/mol. The minimum absolute atomic E-state index is 0.200. The molecule has 0 saturated carbocycles. The lowest BCUT2D eigenvalue weighted by Crippen LogP contribution is -2.45. The van der Waals surface area contributed by atoms with Crippen molar-refractivity contribution < 1.29 is 4.39 Å². The minimum Gasteiger partial charge on any atom is -0.355 e. The lowest BCUT2D eigenvalue weighted by molar-refractivity contribution is 0.312. The van der Waals surface area contributed by atoms with Crippen molar-refractivity contribution in [3.05, 3.63) is 65.7 Å². The van der Waals surface area contributed by atoms with E-state index in [0.29, 0.717) is 13.1 Å². The van der Waals surface area contributed by atoms with E-state index >= 15 is 0 Å². The molecule has 0 bridgehead atoms. The van der Waals surface area contributed by atoms with E-state index in [1.807, 2.05) is 12.1 Å². The van der Waals surface area contributed by atoms with E-state index in [2.05, 4.69) is 44.9 Å². The molecular formula is C20H24FN5. The summed E-state index contributed by atoms with van der Waals surface area (Å²) < 4.78 is 15.4. The molecular weight excluding hydrogens is 329 g/mol. The summed E-state index contributed by atoms with van der Waals surface area (Å²) in [4.78, 5) is 9.49. The molecule has 1 aliphatic rings. The Morgan fingerprint density at radius 1 is 1.04 bits per heavy atom. The number of pyridine rings is 1. The summed E-state index contributed by atoms with van der Waals surface area (Å²) in [5.74, 6) is 0.994. The van der Waals surface area contributed by atoms with Gasteiger partial charge in [0.15, 0.2) is 0 Å². The molecule has 0 amide bonds. The van der Waals surface area contributed by atoms with E-state index in [-0.39, 0.29) is 5.82 Å². The first kappa shape index (κ1) is 17.0. The fourth-order valence-corrected chi connectivity index (χ4v) is 3.41. The molecule has 0 radical (unpaired) electrons. The fourth-order valence-electron chi connectivity index (χ4n) is 3.41. The lowest BCUT2D eigenvalue weighted by Gasteiger charge is -2.34. The number of aromatic nitrogens is 2. The summed E-state index contributed by atoms with van der Waals surface area (Å²) in [6.07, 6.45) is 2.10. The summed E-state index contributed by atoms with van der Waals surface area (Å²) in [5, 5.41) is 3.35. The highest BCUT2D eigenvalue weighted by Gasteiger charge is 2.17. The van der Waals surface area contributed by atoms with Crippen LogP contribution in [0.25, 0.3) is 5.65 Å². The van der Waals surface area contributed by atoms with Gasteiger partial charge in [-0.05, 0) is 36.9 Å². The van der Waals surface area contributed by atoms with E-state index in [4.69, 9.17) is 4.98 Å². The highest BCUT2D eigenvalue weighted by atomic mass is 19.1. The number of benzene rings is 1. The SMILES string of the molecule is CN1CCN(c2cccc3nc(CNCc4cccc(F)c4)cn23)CC1. The van der Waals surface area contributed by atoms with E-state index in [1.54, 1.807) is 12.1 Å². The normalized spacial score (nSPS) is 15.7. The van der Waals surface area contributed by atoms with Crippen molar-refractivity contribution in [1.29, 1.82) is 0 Å². The Bertz CT molecular complexity index is 883. The maximum absolute atomic E-state index is 13.3. The van der Waals surface area contributed by atoms with Crippen LogP contribution in [0.2, 0.25) is 0 Å². The van der Waals surface area contributed by atoms with E-state index < -0.39 is 0 Å². The topological polar surface area (TPSA) is 35.8 Å². The number of rotatable bonds is 5. The van der Waals surface area contributed by atoms with Crippen molar-refractivity contribution in [3.63, 3.8) is 0 Å². The molecule has 3 aromatic rings. The van der Waals surface area contributed by atoms with Crippen LogP contribution in [0, 0.1) is 5.82 Å². The lowest BCUT2D eigenvalue weighted by atomic mass is 10.2. The van der Waals surface area contributed by atoms with Crippen LogP contribution in [-0.2, 0) is 13.1 Å². The first-order valence-electron chi connectivity index (χ1n) is 9.05. The third-order valence-electron chi connectivity index (χ3n) is 4.87. The standard InChI is InChI=1S/C20H24FN5/c1-24-8-10-25(11-9-24)20-7-3-6-19-23-18(15-26(19)20)14-22-13-16-4-2-5-17(21)12-16/h2-7,12,15,22H,8-11,13-14H2,1H3. The zero-order valence-corrected chi connectivity index (χ0v) is 15.0. The summed E-state index contributed by atoms with van der Waals surface area (Å²) in [7, 11) is 2.16. The van der Waals surface area contributed by atoms with Gasteiger partial charge >= 0.3 is 0 Å². The molecule has 136 valence electrons. The van der Waals surface area contributed by atoms with Crippen molar-refractivity contribution in [1.82, 2.24) is 19.6 Å². The third-order valence-corrected chi connectivity index (χ3v) is 4.87. The maximum Gasteiger partial charge on any atom is 0.138 e. The van der Waals surface area contributed by atoms with Crippen LogP contribution in [0.3, 0.4) is 0 Å². The molecule has 1 aliphatic heterocycles. The monoisotopic (exact) mass is 353 g/mol. The molecule has 0 aliphatic carbocycles. The van der Waals surface area contributed by atoms with Crippen LogP contribution in [0.15, 0.2) is 48.7 Å². The second kappa shape index (κ2) is 7.43. The minimum atomic E-state index is -0.200. The van der Waals surface area contributed by atoms with Crippen molar-refractivity contribution in [3.8, 4) is 0 Å². The highest BCUT2D eigenvalue weighted by molar-refractivity contribution is 5.52. The van der Waals surface area contributed by atoms with Crippen LogP contribution in [0.5, 0.6) is 0 Å². The zero-order valence-electron chi connectivity index (χ0n) is 15.0. The molecule has 2 aromatic heterocycles. The first-order valence-corrected chi connectivity index (χ1v) is 9.05. The third kappa shape index (κ3) is 3.71. The van der Waals surface area contributed by atoms with Crippen molar-refractivity contribution in [2.45, 2.75) is 13.1 Å². The van der Waals surface area contributed by atoms with Crippen LogP contribution < -0.4 is 10.2 Å². The molecule has 6 heteroatoms. The molecule has 1 N–H and O–H groups in total. The van der Waals surface area contributed by atoms with Crippen LogP contribution >= 0.6 is 0 Å². The zero-order chi connectivity index (χ0) is 17.9. The molecule has 26 heavy (non-hydrogen) atoms. The van der Waals surface area contributed by atoms with Crippen LogP contribution in [0.4, 0.5) is 10.2 Å². The molecule has 5 nitrogen and oxygen atoms in total. The number of fused-ring (bicyclic) bond motifs is 1. The van der Waals surface area contributed by atoms with E-state index in [0.717, 1.165) is 43.1 Å². The Hall–Kier alpha value is -2.44. The van der Waals surface area contributed by atoms with Crippen molar-refractivity contribution >= 4 is 11.5 Å². The van der Waals surface area contributed by atoms with Gasteiger partial charge < -0.3 is 15.1 Å².